The fraction of sp³-hybridized carbons (Fsp3) is 0.348. The zero-order chi connectivity index (χ0) is 22.3. The number of benzene rings is 1. The number of anilines is 1. The Hall–Kier alpha value is -3.07. The van der Waals surface area contributed by atoms with Gasteiger partial charge < -0.3 is 14.6 Å². The summed E-state index contributed by atoms with van der Waals surface area (Å²) in [5.74, 6) is 1.51. The van der Waals surface area contributed by atoms with Crippen molar-refractivity contribution in [3.8, 4) is 11.5 Å². The van der Waals surface area contributed by atoms with E-state index in [-0.39, 0.29) is 17.7 Å². The summed E-state index contributed by atoms with van der Waals surface area (Å²) in [5, 5.41) is 11.0. The molecule has 2 aromatic heterocycles. The number of likely N-dealkylation sites (tertiary alicyclic amines) is 1. The maximum Gasteiger partial charge on any atom is 0.247 e. The average Bonchev–Trinajstić information content (AvgIpc) is 3.30. The van der Waals surface area contributed by atoms with Crippen molar-refractivity contribution in [1.82, 2.24) is 20.1 Å². The van der Waals surface area contributed by atoms with Gasteiger partial charge in [-0.25, -0.2) is 4.98 Å². The minimum atomic E-state index is -0.112. The fourth-order valence-corrected chi connectivity index (χ4v) is 3.90. The van der Waals surface area contributed by atoms with Crippen LogP contribution in [0.2, 0.25) is 0 Å². The van der Waals surface area contributed by atoms with Crippen molar-refractivity contribution in [3.05, 3.63) is 59.0 Å². The van der Waals surface area contributed by atoms with Crippen molar-refractivity contribution in [3.63, 3.8) is 0 Å². The molecule has 166 valence electrons. The molecular weight excluding hydrogens is 474 g/mol. The van der Waals surface area contributed by atoms with Crippen LogP contribution < -0.4 is 5.32 Å². The van der Waals surface area contributed by atoms with Gasteiger partial charge in [-0.05, 0) is 59.5 Å². The lowest BCUT2D eigenvalue weighted by Gasteiger charge is -2.31. The molecule has 8 nitrogen and oxygen atoms in total. The molecule has 0 unspecified atom stereocenters. The second-order valence-electron chi connectivity index (χ2n) is 7.73. The van der Waals surface area contributed by atoms with Crippen LogP contribution in [0, 0.1) is 5.92 Å². The van der Waals surface area contributed by atoms with Crippen LogP contribution in [0.3, 0.4) is 0 Å². The molecule has 0 aliphatic carbocycles. The van der Waals surface area contributed by atoms with Gasteiger partial charge in [0.05, 0.1) is 0 Å². The van der Waals surface area contributed by atoms with Crippen LogP contribution in [0.25, 0.3) is 11.5 Å². The van der Waals surface area contributed by atoms with E-state index in [0.717, 1.165) is 10.0 Å². The summed E-state index contributed by atoms with van der Waals surface area (Å²) in [5.41, 5.74) is 0.880. The highest BCUT2D eigenvalue weighted by Crippen LogP contribution is 2.21. The van der Waals surface area contributed by atoms with E-state index in [0.29, 0.717) is 62.8 Å². The fourth-order valence-electron chi connectivity index (χ4n) is 3.67. The largest absolute Gasteiger partial charge is 0.421 e. The molecule has 32 heavy (non-hydrogen) atoms. The van der Waals surface area contributed by atoms with Crippen LogP contribution in [0.1, 0.15) is 31.6 Å². The molecule has 1 aliphatic rings. The predicted molar refractivity (Wildman–Crippen MR) is 123 cm³/mol. The van der Waals surface area contributed by atoms with E-state index < -0.39 is 0 Å². The second kappa shape index (κ2) is 10.5. The lowest BCUT2D eigenvalue weighted by atomic mass is 9.95. The third-order valence-corrected chi connectivity index (χ3v) is 5.94. The van der Waals surface area contributed by atoms with Gasteiger partial charge >= 0.3 is 0 Å². The monoisotopic (exact) mass is 497 g/mol. The number of nitrogens with one attached hydrogen (secondary N) is 1. The molecule has 3 heterocycles. The second-order valence-corrected chi connectivity index (χ2v) is 8.64. The van der Waals surface area contributed by atoms with Crippen LogP contribution in [0.4, 0.5) is 5.82 Å². The maximum atomic E-state index is 12.6. The first kappa shape index (κ1) is 22.1. The number of piperidine rings is 1. The Labute approximate surface area is 194 Å². The lowest BCUT2D eigenvalue weighted by Crippen LogP contribution is -2.41. The molecule has 0 atom stereocenters. The summed E-state index contributed by atoms with van der Waals surface area (Å²) >= 11 is 3.33. The van der Waals surface area contributed by atoms with Gasteiger partial charge in [-0.15, -0.1) is 10.2 Å². The number of hydrogen-bond acceptors (Lipinski definition) is 6. The zero-order valence-electron chi connectivity index (χ0n) is 17.5. The Morgan fingerprint density at radius 2 is 1.88 bits per heavy atom. The average molecular weight is 498 g/mol. The number of pyridine rings is 1. The molecule has 0 spiro atoms. The van der Waals surface area contributed by atoms with E-state index in [2.05, 4.69) is 36.4 Å². The van der Waals surface area contributed by atoms with Gasteiger partial charge in [-0.2, -0.15) is 0 Å². The highest BCUT2D eigenvalue weighted by atomic mass is 79.9. The molecule has 0 bridgehead atoms. The minimum absolute atomic E-state index is 0.0439. The summed E-state index contributed by atoms with van der Waals surface area (Å²) in [6.45, 7) is 1.17. The van der Waals surface area contributed by atoms with Crippen molar-refractivity contribution in [2.45, 2.75) is 32.1 Å². The molecule has 3 aromatic rings. The molecule has 1 saturated heterocycles. The molecular formula is C23H24BrN5O3. The number of aromatic nitrogens is 3. The SMILES string of the molecule is O=C(Nc1ccc(Br)cn1)C1CCN(C(=O)CCCc2nnc(-c3ccccc3)o2)CC1. The van der Waals surface area contributed by atoms with Gasteiger partial charge in [-0.1, -0.05) is 18.2 Å². The molecule has 0 saturated carbocycles. The number of carbonyl (C=O) groups excluding carboxylic acids is 2. The van der Waals surface area contributed by atoms with Crippen LogP contribution >= 0.6 is 15.9 Å². The topological polar surface area (TPSA) is 101 Å². The summed E-state index contributed by atoms with van der Waals surface area (Å²) in [4.78, 5) is 31.0. The number of hydrogen-bond donors (Lipinski definition) is 1. The Balaban J connectivity index is 1.18. The number of aryl methyl sites for hydroxylation is 1. The van der Waals surface area contributed by atoms with Crippen LogP contribution in [-0.4, -0.2) is 45.0 Å². The third kappa shape index (κ3) is 5.79. The standard InChI is InChI=1S/C23H24BrN5O3/c24-18-9-10-19(25-15-18)26-22(31)16-11-13-29(14-12-16)21(30)8-4-7-20-27-28-23(32-20)17-5-2-1-3-6-17/h1-3,5-6,9-10,15-16H,4,7-8,11-14H2,(H,25,26,31). The van der Waals surface area contributed by atoms with Crippen molar-refractivity contribution in [2.24, 2.45) is 5.92 Å². The molecule has 2 amide bonds. The van der Waals surface area contributed by atoms with Gasteiger partial charge in [-0.3, -0.25) is 9.59 Å². The van der Waals surface area contributed by atoms with Gasteiger partial charge in [0.1, 0.15) is 5.82 Å². The first-order valence-corrected chi connectivity index (χ1v) is 11.5. The van der Waals surface area contributed by atoms with Gasteiger partial charge in [0.25, 0.3) is 0 Å². The molecule has 1 fully saturated rings. The maximum absolute atomic E-state index is 12.6. The number of nitrogens with zero attached hydrogens (tertiary/aromatic N) is 4. The molecule has 1 N–H and O–H groups in total. The summed E-state index contributed by atoms with van der Waals surface area (Å²) < 4.78 is 6.55. The number of halogens is 1. The minimum Gasteiger partial charge on any atom is -0.421 e. The summed E-state index contributed by atoms with van der Waals surface area (Å²) in [7, 11) is 0. The Bertz CT molecular complexity index is 1050. The Kier molecular flexibility index (Phi) is 7.26. The van der Waals surface area contributed by atoms with Gasteiger partial charge in [0.15, 0.2) is 0 Å². The van der Waals surface area contributed by atoms with E-state index in [1.807, 2.05) is 41.3 Å². The smallest absolute Gasteiger partial charge is 0.247 e. The van der Waals surface area contributed by atoms with Gasteiger partial charge in [0, 0.05) is 48.1 Å². The number of carbonyl (C=O) groups is 2. The molecule has 0 radical (unpaired) electrons. The first-order chi connectivity index (χ1) is 15.6. The highest BCUT2D eigenvalue weighted by molar-refractivity contribution is 9.10. The highest BCUT2D eigenvalue weighted by Gasteiger charge is 2.27. The molecule has 1 aliphatic heterocycles. The zero-order valence-corrected chi connectivity index (χ0v) is 19.1. The van der Waals surface area contributed by atoms with Crippen molar-refractivity contribution in [2.75, 3.05) is 18.4 Å². The predicted octanol–water partition coefficient (Wildman–Crippen LogP) is 4.09. The molecule has 1 aromatic carbocycles. The van der Waals surface area contributed by atoms with Crippen molar-refractivity contribution >= 4 is 33.6 Å². The van der Waals surface area contributed by atoms with Crippen LogP contribution in [0.5, 0.6) is 0 Å². The normalized spacial score (nSPS) is 14.3. The van der Waals surface area contributed by atoms with E-state index in [1.165, 1.54) is 0 Å². The third-order valence-electron chi connectivity index (χ3n) is 5.47. The van der Waals surface area contributed by atoms with Crippen molar-refractivity contribution in [1.29, 1.82) is 0 Å². The molecule has 9 heteroatoms. The van der Waals surface area contributed by atoms with E-state index >= 15 is 0 Å². The Morgan fingerprint density at radius 1 is 1.09 bits per heavy atom. The van der Waals surface area contributed by atoms with Crippen LogP contribution in [-0.2, 0) is 16.0 Å². The van der Waals surface area contributed by atoms with Crippen molar-refractivity contribution < 1.29 is 14.0 Å². The number of rotatable bonds is 7. The number of amides is 2. The van der Waals surface area contributed by atoms with E-state index in [9.17, 15) is 9.59 Å². The van der Waals surface area contributed by atoms with E-state index in [1.54, 1.807) is 12.3 Å². The van der Waals surface area contributed by atoms with Gasteiger partial charge in [0.2, 0.25) is 23.6 Å². The first-order valence-electron chi connectivity index (χ1n) is 10.7. The molecule has 4 rings (SSSR count). The van der Waals surface area contributed by atoms with Crippen LogP contribution in [0.15, 0.2) is 57.6 Å². The summed E-state index contributed by atoms with van der Waals surface area (Å²) in [6.07, 6.45) is 4.57. The van der Waals surface area contributed by atoms with E-state index in [4.69, 9.17) is 4.42 Å². The lowest BCUT2D eigenvalue weighted by molar-refractivity contribution is -0.134. The Morgan fingerprint density at radius 3 is 2.59 bits per heavy atom. The quantitative estimate of drug-likeness (QED) is 0.527. The summed E-state index contributed by atoms with van der Waals surface area (Å²) in [6, 6.07) is 13.2.